The van der Waals surface area contributed by atoms with E-state index < -0.39 is 30.0 Å². The van der Waals surface area contributed by atoms with Gasteiger partial charge in [0, 0.05) is 32.4 Å². The summed E-state index contributed by atoms with van der Waals surface area (Å²) in [5.74, 6) is 0.521. The summed E-state index contributed by atoms with van der Waals surface area (Å²) in [6.45, 7) is 2.42. The van der Waals surface area contributed by atoms with Crippen LogP contribution in [0.3, 0.4) is 0 Å². The van der Waals surface area contributed by atoms with E-state index in [1.165, 1.54) is 23.3 Å². The lowest BCUT2D eigenvalue weighted by molar-refractivity contribution is -0.136. The summed E-state index contributed by atoms with van der Waals surface area (Å²) < 4.78 is 11.0. The van der Waals surface area contributed by atoms with Gasteiger partial charge in [-0.1, -0.05) is 18.2 Å². The van der Waals surface area contributed by atoms with Gasteiger partial charge in [0.1, 0.15) is 27.2 Å². The van der Waals surface area contributed by atoms with Gasteiger partial charge in [-0.25, -0.2) is 14.6 Å². The molecule has 2 atom stereocenters. The number of aryl methyl sites for hydroxylation is 1. The fraction of sp³-hybridized carbons (Fsp3) is 0.281. The fourth-order valence-electron chi connectivity index (χ4n) is 5.81. The van der Waals surface area contributed by atoms with Crippen LogP contribution in [0.2, 0.25) is 0 Å². The summed E-state index contributed by atoms with van der Waals surface area (Å²) in [7, 11) is 1.39. The maximum absolute atomic E-state index is 13.6. The van der Waals surface area contributed by atoms with Gasteiger partial charge in [-0.3, -0.25) is 14.5 Å². The molecule has 0 bridgehead atoms. The predicted molar refractivity (Wildman–Crippen MR) is 172 cm³/mol. The number of carbonyl (C=O) groups is 4. The smallest absolute Gasteiger partial charge is 0.405 e. The van der Waals surface area contributed by atoms with Gasteiger partial charge in [0.2, 0.25) is 5.91 Å². The van der Waals surface area contributed by atoms with Gasteiger partial charge in [-0.15, -0.1) is 11.3 Å². The Morgan fingerprint density at radius 3 is 2.67 bits per heavy atom. The number of methoxy groups -OCH3 is 1. The number of carboxylic acid groups (broad SMARTS) is 1. The van der Waals surface area contributed by atoms with Crippen LogP contribution in [0.25, 0.3) is 10.2 Å². The Hall–Kier alpha value is -5.21. The van der Waals surface area contributed by atoms with Crippen LogP contribution in [0, 0.1) is 6.92 Å². The molecule has 0 aliphatic carbocycles. The van der Waals surface area contributed by atoms with E-state index in [4.69, 9.17) is 14.6 Å². The predicted octanol–water partition coefficient (Wildman–Crippen LogP) is 5.08. The topological polar surface area (TPSA) is 162 Å². The van der Waals surface area contributed by atoms with E-state index >= 15 is 0 Å². The van der Waals surface area contributed by atoms with Gasteiger partial charge >= 0.3 is 12.1 Å². The quantitative estimate of drug-likeness (QED) is 0.196. The van der Waals surface area contributed by atoms with Crippen LogP contribution < -0.4 is 25.6 Å². The first-order chi connectivity index (χ1) is 22.2. The van der Waals surface area contributed by atoms with E-state index in [-0.39, 0.29) is 19.2 Å². The number of hydrogen-bond acceptors (Lipinski definition) is 8. The van der Waals surface area contributed by atoms with Crippen molar-refractivity contribution in [2.45, 2.75) is 31.8 Å². The Morgan fingerprint density at radius 1 is 1.13 bits per heavy atom. The van der Waals surface area contributed by atoms with Crippen molar-refractivity contribution in [3.05, 3.63) is 71.2 Å². The number of carbonyl (C=O) groups excluding carboxylic acids is 3. The number of rotatable bonds is 9. The zero-order valence-electron chi connectivity index (χ0n) is 25.1. The Labute approximate surface area is 268 Å². The first-order valence-corrected chi connectivity index (χ1v) is 15.5. The molecule has 0 spiro atoms. The molecule has 4 aromatic rings. The van der Waals surface area contributed by atoms with E-state index in [2.05, 4.69) is 20.9 Å². The normalized spacial score (nSPS) is 16.5. The lowest BCUT2D eigenvalue weighted by Gasteiger charge is -2.35. The summed E-state index contributed by atoms with van der Waals surface area (Å²) in [4.78, 5) is 60.0. The van der Waals surface area contributed by atoms with Crippen LogP contribution in [-0.4, -0.2) is 77.8 Å². The second-order valence-electron chi connectivity index (χ2n) is 11.0. The standard InChI is InChI=1S/C32H32N6O7S/c1-18-15-21(45-20-8-4-3-5-9-20)10-11-23(18)38-24-12-13-33-29-25(24)26(36-31(38)41)27(46-29)28(39)34-19-7-6-14-37(16-19)30(40)22(17-44-2)35-32(42)43/h3-5,8-13,15,19,22,35H,6-7,14,16-17H2,1-2H3,(H,34,39)(H,36,41)(H,42,43)/t19-,22-/m1/s1. The minimum absolute atomic E-state index is 0.110. The Kier molecular flexibility index (Phi) is 8.72. The number of nitrogens with one attached hydrogen (secondary N) is 3. The average Bonchev–Trinajstić information content (AvgIpc) is 3.41. The maximum atomic E-state index is 13.6. The van der Waals surface area contributed by atoms with Gasteiger partial charge in [0.25, 0.3) is 5.91 Å². The number of pyridine rings is 1. The van der Waals surface area contributed by atoms with Gasteiger partial charge in [0.15, 0.2) is 0 Å². The van der Waals surface area contributed by atoms with Crippen molar-refractivity contribution in [2.24, 2.45) is 0 Å². The maximum Gasteiger partial charge on any atom is 0.405 e. The third kappa shape index (κ3) is 6.17. The molecule has 4 heterocycles. The molecule has 2 aromatic heterocycles. The molecule has 1 fully saturated rings. The first kappa shape index (κ1) is 30.8. The lowest BCUT2D eigenvalue weighted by atomic mass is 10.0. The molecule has 0 saturated carbocycles. The van der Waals surface area contributed by atoms with Crippen LogP contribution in [0.5, 0.6) is 11.5 Å². The highest BCUT2D eigenvalue weighted by molar-refractivity contribution is 7.21. The van der Waals surface area contributed by atoms with E-state index in [0.717, 1.165) is 5.56 Å². The van der Waals surface area contributed by atoms with E-state index in [1.807, 2.05) is 49.4 Å². The molecule has 46 heavy (non-hydrogen) atoms. The summed E-state index contributed by atoms with van der Waals surface area (Å²) in [5.41, 5.74) is 2.46. The van der Waals surface area contributed by atoms with Crippen molar-refractivity contribution in [1.82, 2.24) is 20.5 Å². The molecular weight excluding hydrogens is 612 g/mol. The van der Waals surface area contributed by atoms with Crippen molar-refractivity contribution in [3.63, 3.8) is 0 Å². The van der Waals surface area contributed by atoms with E-state index in [0.29, 0.717) is 63.0 Å². The minimum atomic E-state index is -1.33. The number of urea groups is 1. The minimum Gasteiger partial charge on any atom is -0.465 e. The highest BCUT2D eigenvalue weighted by atomic mass is 32.1. The number of piperidine rings is 1. The van der Waals surface area contributed by atoms with Crippen LogP contribution >= 0.6 is 11.3 Å². The molecule has 238 valence electrons. The van der Waals surface area contributed by atoms with Crippen LogP contribution in [0.1, 0.15) is 28.1 Å². The number of aromatic nitrogens is 1. The monoisotopic (exact) mass is 644 g/mol. The molecule has 2 aliphatic heterocycles. The lowest BCUT2D eigenvalue weighted by Crippen LogP contribution is -2.56. The number of benzene rings is 2. The third-order valence-corrected chi connectivity index (χ3v) is 8.93. The molecule has 0 unspecified atom stereocenters. The molecule has 14 heteroatoms. The second-order valence-corrected chi connectivity index (χ2v) is 12.0. The number of likely N-dealkylation sites (tertiary alicyclic amines) is 1. The molecule has 2 aromatic carbocycles. The number of para-hydroxylation sites is 1. The number of nitrogens with zero attached hydrogens (tertiary/aromatic N) is 3. The molecule has 1 saturated heterocycles. The summed E-state index contributed by atoms with van der Waals surface area (Å²) >= 11 is 1.18. The summed E-state index contributed by atoms with van der Waals surface area (Å²) in [5, 5.41) is 17.9. The highest BCUT2D eigenvalue weighted by Crippen LogP contribution is 2.46. The van der Waals surface area contributed by atoms with Crippen molar-refractivity contribution in [2.75, 3.05) is 37.0 Å². The fourth-order valence-corrected chi connectivity index (χ4v) is 6.83. The molecule has 0 radical (unpaired) electrons. The summed E-state index contributed by atoms with van der Waals surface area (Å²) in [6, 6.07) is 14.8. The molecule has 4 N–H and O–H groups in total. The molecule has 13 nitrogen and oxygen atoms in total. The average molecular weight is 645 g/mol. The van der Waals surface area contributed by atoms with Crippen LogP contribution in [-0.2, 0) is 9.53 Å². The van der Waals surface area contributed by atoms with Crippen molar-refractivity contribution < 1.29 is 33.8 Å². The van der Waals surface area contributed by atoms with Gasteiger partial charge in [0.05, 0.1) is 29.1 Å². The van der Waals surface area contributed by atoms with Crippen LogP contribution in [0.4, 0.5) is 26.7 Å². The zero-order chi connectivity index (χ0) is 32.4. The SMILES string of the molecule is COC[C@@H](NC(=O)O)C(=O)N1CCC[C@@H](NC(=O)c2sc3nccc4c3c2NC(=O)N4c2ccc(Oc3ccccc3)cc2C)C1. The van der Waals surface area contributed by atoms with Gasteiger partial charge in [-0.2, -0.15) is 0 Å². The van der Waals surface area contributed by atoms with E-state index in [1.54, 1.807) is 23.2 Å². The zero-order valence-corrected chi connectivity index (χ0v) is 25.9. The molecule has 6 rings (SSSR count). The molecule has 5 amide bonds. The van der Waals surface area contributed by atoms with Crippen molar-refractivity contribution in [1.29, 1.82) is 0 Å². The van der Waals surface area contributed by atoms with Gasteiger partial charge in [-0.05, 0) is 61.7 Å². The number of hydrogen-bond donors (Lipinski definition) is 4. The Morgan fingerprint density at radius 2 is 1.93 bits per heavy atom. The molecule has 2 aliphatic rings. The largest absolute Gasteiger partial charge is 0.465 e. The number of ether oxygens (including phenoxy) is 2. The Bertz CT molecular complexity index is 1810. The van der Waals surface area contributed by atoms with E-state index in [9.17, 15) is 19.2 Å². The molecular formula is C32H32N6O7S. The number of thiophene rings is 1. The van der Waals surface area contributed by atoms with Crippen LogP contribution in [0.15, 0.2) is 60.8 Å². The Balaban J connectivity index is 1.22. The number of anilines is 3. The number of amides is 5. The van der Waals surface area contributed by atoms with Crippen molar-refractivity contribution in [3.8, 4) is 11.5 Å². The van der Waals surface area contributed by atoms with Crippen molar-refractivity contribution >= 4 is 62.6 Å². The first-order valence-electron chi connectivity index (χ1n) is 14.7. The second kappa shape index (κ2) is 13.0. The highest BCUT2D eigenvalue weighted by Gasteiger charge is 2.35. The van der Waals surface area contributed by atoms with Gasteiger partial charge < -0.3 is 35.4 Å². The summed E-state index contributed by atoms with van der Waals surface area (Å²) in [6.07, 6.45) is 1.53. The third-order valence-electron chi connectivity index (χ3n) is 7.84.